The van der Waals surface area contributed by atoms with Crippen molar-refractivity contribution in [1.82, 2.24) is 10.3 Å². The van der Waals surface area contributed by atoms with Gasteiger partial charge in [0.25, 0.3) is 0 Å². The SMILES string of the molecule is Nc1ncc(-c2ccc3c(c2)CCNC3)cc1OCCc1c(Cl)ccc(F)c1Cl. The molecular weight excluding hydrogens is 412 g/mol. The third kappa shape index (κ3) is 4.32. The molecule has 0 aliphatic carbocycles. The van der Waals surface area contributed by atoms with Crippen molar-refractivity contribution < 1.29 is 9.13 Å². The van der Waals surface area contributed by atoms with Crippen molar-refractivity contribution in [3.05, 3.63) is 75.1 Å². The number of rotatable bonds is 5. The lowest BCUT2D eigenvalue weighted by atomic mass is 9.96. The molecule has 1 aliphatic heterocycles. The summed E-state index contributed by atoms with van der Waals surface area (Å²) in [5, 5.41) is 3.80. The number of nitrogens with two attached hydrogens (primary N) is 1. The standard InChI is InChI=1S/C22H20Cl2FN3O/c23-18-3-4-19(25)21(24)17(18)6-8-29-20-10-16(12-28-22(20)26)13-1-2-15-11-27-7-5-14(15)9-13/h1-4,9-10,12,27H,5-8,11H2,(H2,26,28). The topological polar surface area (TPSA) is 60.2 Å². The van der Waals surface area contributed by atoms with Crippen LogP contribution in [0, 0.1) is 5.82 Å². The van der Waals surface area contributed by atoms with Gasteiger partial charge in [-0.1, -0.05) is 41.4 Å². The summed E-state index contributed by atoms with van der Waals surface area (Å²) in [6.45, 7) is 2.12. The summed E-state index contributed by atoms with van der Waals surface area (Å²) in [4.78, 5) is 4.27. The van der Waals surface area contributed by atoms with Gasteiger partial charge in [-0.25, -0.2) is 9.37 Å². The summed E-state index contributed by atoms with van der Waals surface area (Å²) in [6.07, 6.45) is 3.10. The van der Waals surface area contributed by atoms with E-state index in [2.05, 4.69) is 28.5 Å². The van der Waals surface area contributed by atoms with Crippen molar-refractivity contribution in [2.24, 2.45) is 0 Å². The zero-order chi connectivity index (χ0) is 20.4. The van der Waals surface area contributed by atoms with E-state index in [1.54, 1.807) is 6.20 Å². The zero-order valence-corrected chi connectivity index (χ0v) is 17.2. The van der Waals surface area contributed by atoms with Crippen LogP contribution in [-0.4, -0.2) is 18.1 Å². The highest BCUT2D eigenvalue weighted by atomic mass is 35.5. The van der Waals surface area contributed by atoms with Crippen LogP contribution in [0.1, 0.15) is 16.7 Å². The van der Waals surface area contributed by atoms with E-state index >= 15 is 0 Å². The second-order valence-electron chi connectivity index (χ2n) is 6.94. The predicted molar refractivity (Wildman–Crippen MR) is 115 cm³/mol. The number of hydrogen-bond donors (Lipinski definition) is 2. The van der Waals surface area contributed by atoms with E-state index < -0.39 is 5.82 Å². The highest BCUT2D eigenvalue weighted by Gasteiger charge is 2.13. The summed E-state index contributed by atoms with van der Waals surface area (Å²) in [7, 11) is 0. The Morgan fingerprint density at radius 1 is 1.10 bits per heavy atom. The van der Waals surface area contributed by atoms with Crippen LogP contribution < -0.4 is 15.8 Å². The molecule has 0 amide bonds. The first-order valence-electron chi connectivity index (χ1n) is 9.36. The van der Waals surface area contributed by atoms with E-state index in [9.17, 15) is 4.39 Å². The molecule has 2 heterocycles. The Balaban J connectivity index is 1.51. The van der Waals surface area contributed by atoms with Crippen molar-refractivity contribution in [3.8, 4) is 16.9 Å². The van der Waals surface area contributed by atoms with Gasteiger partial charge in [-0.3, -0.25) is 0 Å². The fraction of sp³-hybridized carbons (Fsp3) is 0.227. The Hall–Kier alpha value is -2.34. The molecule has 0 bridgehead atoms. The van der Waals surface area contributed by atoms with Gasteiger partial charge in [0.1, 0.15) is 5.82 Å². The van der Waals surface area contributed by atoms with E-state index in [0.29, 0.717) is 28.6 Å². The summed E-state index contributed by atoms with van der Waals surface area (Å²) in [5.74, 6) is 0.273. The Labute approximate surface area is 178 Å². The van der Waals surface area contributed by atoms with Crippen LogP contribution in [0.2, 0.25) is 10.0 Å². The number of ether oxygens (including phenoxy) is 1. The molecule has 4 nitrogen and oxygen atoms in total. The summed E-state index contributed by atoms with van der Waals surface area (Å²) in [5.41, 5.74) is 11.2. The Kier molecular flexibility index (Phi) is 5.90. The second-order valence-corrected chi connectivity index (χ2v) is 7.72. The molecular formula is C22H20Cl2FN3O. The molecule has 2 aromatic carbocycles. The number of nitrogens with one attached hydrogen (secondary N) is 1. The lowest BCUT2D eigenvalue weighted by molar-refractivity contribution is 0.322. The quantitative estimate of drug-likeness (QED) is 0.555. The van der Waals surface area contributed by atoms with Crippen LogP contribution in [0.4, 0.5) is 10.2 Å². The van der Waals surface area contributed by atoms with Crippen LogP contribution in [0.25, 0.3) is 11.1 Å². The average molecular weight is 432 g/mol. The first-order valence-corrected chi connectivity index (χ1v) is 10.1. The number of fused-ring (bicyclic) bond motifs is 1. The van der Waals surface area contributed by atoms with Crippen LogP contribution in [0.3, 0.4) is 0 Å². The molecule has 1 aromatic heterocycles. The van der Waals surface area contributed by atoms with Crippen molar-refractivity contribution in [3.63, 3.8) is 0 Å². The Morgan fingerprint density at radius 3 is 2.83 bits per heavy atom. The van der Waals surface area contributed by atoms with Gasteiger partial charge in [0, 0.05) is 29.7 Å². The average Bonchev–Trinajstić information content (AvgIpc) is 2.74. The van der Waals surface area contributed by atoms with Gasteiger partial charge in [0.05, 0.1) is 11.6 Å². The van der Waals surface area contributed by atoms with E-state index in [1.807, 2.05) is 6.07 Å². The third-order valence-corrected chi connectivity index (χ3v) is 5.82. The molecule has 0 spiro atoms. The molecule has 4 rings (SSSR count). The van der Waals surface area contributed by atoms with Crippen molar-refractivity contribution in [2.75, 3.05) is 18.9 Å². The molecule has 0 atom stereocenters. The minimum atomic E-state index is -0.503. The third-order valence-electron chi connectivity index (χ3n) is 5.06. The lowest BCUT2D eigenvalue weighted by Crippen LogP contribution is -2.23. The molecule has 0 fully saturated rings. The molecule has 0 saturated heterocycles. The van der Waals surface area contributed by atoms with Crippen LogP contribution >= 0.6 is 23.2 Å². The van der Waals surface area contributed by atoms with Crippen molar-refractivity contribution >= 4 is 29.0 Å². The van der Waals surface area contributed by atoms with E-state index in [1.165, 1.54) is 23.3 Å². The largest absolute Gasteiger partial charge is 0.489 e. The summed E-state index contributed by atoms with van der Waals surface area (Å²) >= 11 is 12.1. The van der Waals surface area contributed by atoms with Gasteiger partial charge in [-0.15, -0.1) is 0 Å². The zero-order valence-electron chi connectivity index (χ0n) is 15.6. The number of anilines is 1. The minimum Gasteiger partial charge on any atom is -0.489 e. The molecule has 3 N–H and O–H groups in total. The van der Waals surface area contributed by atoms with Crippen molar-refractivity contribution in [1.29, 1.82) is 0 Å². The normalized spacial score (nSPS) is 13.2. The van der Waals surface area contributed by atoms with Gasteiger partial charge < -0.3 is 15.8 Å². The van der Waals surface area contributed by atoms with Gasteiger partial charge in [0.15, 0.2) is 11.6 Å². The second kappa shape index (κ2) is 8.57. The maximum atomic E-state index is 13.7. The van der Waals surface area contributed by atoms with Crippen molar-refractivity contribution in [2.45, 2.75) is 19.4 Å². The number of pyridine rings is 1. The van der Waals surface area contributed by atoms with Crippen LogP contribution in [-0.2, 0) is 19.4 Å². The number of nitrogen functional groups attached to an aromatic ring is 1. The Bertz CT molecular complexity index is 1060. The number of aromatic nitrogens is 1. The fourth-order valence-corrected chi connectivity index (χ4v) is 4.01. The van der Waals surface area contributed by atoms with Gasteiger partial charge in [0.2, 0.25) is 0 Å². The molecule has 150 valence electrons. The number of nitrogens with zero attached hydrogens (tertiary/aromatic N) is 1. The van der Waals surface area contributed by atoms with E-state index in [4.69, 9.17) is 33.7 Å². The Morgan fingerprint density at radius 2 is 1.97 bits per heavy atom. The molecule has 1 aliphatic rings. The number of halogens is 3. The highest BCUT2D eigenvalue weighted by Crippen LogP contribution is 2.31. The monoisotopic (exact) mass is 431 g/mol. The first-order chi connectivity index (χ1) is 14.0. The summed E-state index contributed by atoms with van der Waals surface area (Å²) in [6, 6.07) is 11.0. The van der Waals surface area contributed by atoms with Crippen LogP contribution in [0.5, 0.6) is 5.75 Å². The maximum absolute atomic E-state index is 13.7. The van der Waals surface area contributed by atoms with Gasteiger partial charge in [-0.2, -0.15) is 0 Å². The van der Waals surface area contributed by atoms with Gasteiger partial charge >= 0.3 is 0 Å². The molecule has 0 radical (unpaired) electrons. The maximum Gasteiger partial charge on any atom is 0.166 e. The first kappa shape index (κ1) is 20.0. The number of hydrogen-bond acceptors (Lipinski definition) is 4. The van der Waals surface area contributed by atoms with Gasteiger partial charge in [-0.05, 0) is 53.4 Å². The van der Waals surface area contributed by atoms with E-state index in [-0.39, 0.29) is 11.6 Å². The highest BCUT2D eigenvalue weighted by molar-refractivity contribution is 6.36. The fourth-order valence-electron chi connectivity index (χ4n) is 3.45. The molecule has 29 heavy (non-hydrogen) atoms. The summed E-state index contributed by atoms with van der Waals surface area (Å²) < 4.78 is 19.5. The van der Waals surface area contributed by atoms with Crippen LogP contribution in [0.15, 0.2) is 42.6 Å². The van der Waals surface area contributed by atoms with E-state index in [0.717, 1.165) is 30.6 Å². The number of benzene rings is 2. The smallest absolute Gasteiger partial charge is 0.166 e. The minimum absolute atomic E-state index is 0.0181. The lowest BCUT2D eigenvalue weighted by Gasteiger charge is -2.18. The molecule has 0 saturated carbocycles. The molecule has 0 unspecified atom stereocenters. The predicted octanol–water partition coefficient (Wildman–Crippen LogP) is 5.04. The molecule has 3 aromatic rings. The molecule has 7 heteroatoms.